The molecule has 1 fully saturated rings. The Hall–Kier alpha value is -1.71. The number of rotatable bonds is 3. The van der Waals surface area contributed by atoms with Gasteiger partial charge in [-0.3, -0.25) is 4.79 Å². The van der Waals surface area contributed by atoms with Crippen LogP contribution in [-0.2, 0) is 0 Å². The summed E-state index contributed by atoms with van der Waals surface area (Å²) in [4.78, 5) is 12.8. The zero-order chi connectivity index (χ0) is 14.9. The van der Waals surface area contributed by atoms with Gasteiger partial charge in [0.15, 0.2) is 5.78 Å². The molecule has 112 valence electrons. The van der Waals surface area contributed by atoms with E-state index in [-0.39, 0.29) is 5.78 Å². The SMILES string of the molecule is O=C(CC1CCCCN1)c1cccc2c1sc1ccccc12. The summed E-state index contributed by atoms with van der Waals surface area (Å²) in [6.07, 6.45) is 4.20. The molecule has 1 aliphatic heterocycles. The molecule has 3 heteroatoms. The third-order valence-electron chi connectivity index (χ3n) is 4.55. The van der Waals surface area contributed by atoms with E-state index in [0.717, 1.165) is 23.2 Å². The van der Waals surface area contributed by atoms with Crippen LogP contribution in [0.3, 0.4) is 0 Å². The maximum absolute atomic E-state index is 12.8. The molecule has 0 bridgehead atoms. The van der Waals surface area contributed by atoms with Gasteiger partial charge in [0.05, 0.1) is 0 Å². The van der Waals surface area contributed by atoms with Gasteiger partial charge < -0.3 is 5.32 Å². The van der Waals surface area contributed by atoms with Crippen molar-refractivity contribution in [3.63, 3.8) is 0 Å². The van der Waals surface area contributed by atoms with Crippen LogP contribution in [-0.4, -0.2) is 18.4 Å². The van der Waals surface area contributed by atoms with Gasteiger partial charge in [-0.25, -0.2) is 0 Å². The Morgan fingerprint density at radius 3 is 2.82 bits per heavy atom. The van der Waals surface area contributed by atoms with E-state index in [1.165, 1.54) is 28.3 Å². The Morgan fingerprint density at radius 1 is 1.09 bits per heavy atom. The summed E-state index contributed by atoms with van der Waals surface area (Å²) in [5, 5.41) is 5.95. The van der Waals surface area contributed by atoms with Crippen molar-refractivity contribution >= 4 is 37.3 Å². The fourth-order valence-electron chi connectivity index (χ4n) is 3.40. The molecule has 1 atom stereocenters. The van der Waals surface area contributed by atoms with E-state index in [0.29, 0.717) is 12.5 Å². The molecule has 0 spiro atoms. The van der Waals surface area contributed by atoms with Crippen molar-refractivity contribution in [3.05, 3.63) is 48.0 Å². The summed E-state index contributed by atoms with van der Waals surface area (Å²) < 4.78 is 2.40. The van der Waals surface area contributed by atoms with Crippen molar-refractivity contribution in [2.75, 3.05) is 6.54 Å². The quantitative estimate of drug-likeness (QED) is 0.706. The summed E-state index contributed by atoms with van der Waals surface area (Å²) in [7, 11) is 0. The Bertz CT molecular complexity index is 830. The number of benzene rings is 2. The minimum atomic E-state index is 0.275. The van der Waals surface area contributed by atoms with E-state index >= 15 is 0 Å². The van der Waals surface area contributed by atoms with Crippen molar-refractivity contribution in [1.29, 1.82) is 0 Å². The highest BCUT2D eigenvalue weighted by molar-refractivity contribution is 7.26. The second kappa shape index (κ2) is 5.82. The lowest BCUT2D eigenvalue weighted by molar-refractivity contribution is 0.0965. The average Bonchev–Trinajstić information content (AvgIpc) is 2.94. The standard InChI is InChI=1S/C19H19NOS/c21-17(12-13-6-3-4-11-20-13)16-9-5-8-15-14-7-1-2-10-18(14)22-19(15)16/h1-2,5,7-10,13,20H,3-4,6,11-12H2. The summed E-state index contributed by atoms with van der Waals surface area (Å²) in [5.74, 6) is 0.275. The first-order valence-corrected chi connectivity index (χ1v) is 8.81. The van der Waals surface area contributed by atoms with E-state index in [2.05, 4.69) is 35.6 Å². The summed E-state index contributed by atoms with van der Waals surface area (Å²) >= 11 is 1.74. The van der Waals surface area contributed by atoms with Crippen LogP contribution >= 0.6 is 11.3 Å². The molecular weight excluding hydrogens is 290 g/mol. The number of ketones is 1. The molecule has 0 radical (unpaired) electrons. The fraction of sp³-hybridized carbons (Fsp3) is 0.316. The Balaban J connectivity index is 1.73. The fourth-order valence-corrected chi connectivity index (χ4v) is 4.63. The van der Waals surface area contributed by atoms with Gasteiger partial charge in [0.1, 0.15) is 0 Å². The van der Waals surface area contributed by atoms with Gasteiger partial charge >= 0.3 is 0 Å². The van der Waals surface area contributed by atoms with Crippen molar-refractivity contribution in [2.45, 2.75) is 31.7 Å². The molecule has 22 heavy (non-hydrogen) atoms. The topological polar surface area (TPSA) is 29.1 Å². The van der Waals surface area contributed by atoms with E-state index in [1.54, 1.807) is 11.3 Å². The molecule has 0 saturated carbocycles. The van der Waals surface area contributed by atoms with Gasteiger partial charge in [-0.1, -0.05) is 36.8 Å². The highest BCUT2D eigenvalue weighted by Gasteiger charge is 2.19. The minimum absolute atomic E-state index is 0.275. The minimum Gasteiger partial charge on any atom is -0.314 e. The zero-order valence-electron chi connectivity index (χ0n) is 12.5. The average molecular weight is 309 g/mol. The van der Waals surface area contributed by atoms with E-state index in [4.69, 9.17) is 0 Å². The molecule has 0 aliphatic carbocycles. The molecule has 2 aromatic carbocycles. The van der Waals surface area contributed by atoms with Crippen molar-refractivity contribution < 1.29 is 4.79 Å². The second-order valence-corrected chi connectivity index (χ2v) is 7.11. The number of nitrogens with one attached hydrogen (secondary N) is 1. The lowest BCUT2D eigenvalue weighted by Gasteiger charge is -2.22. The number of hydrogen-bond donors (Lipinski definition) is 1. The largest absolute Gasteiger partial charge is 0.314 e. The van der Waals surface area contributed by atoms with Gasteiger partial charge in [-0.15, -0.1) is 11.3 Å². The number of Topliss-reactive ketones (excluding diaryl/α,β-unsaturated/α-hetero) is 1. The van der Waals surface area contributed by atoms with Gasteiger partial charge in [-0.05, 0) is 31.5 Å². The number of hydrogen-bond acceptors (Lipinski definition) is 3. The smallest absolute Gasteiger partial charge is 0.165 e. The van der Waals surface area contributed by atoms with Crippen molar-refractivity contribution in [3.8, 4) is 0 Å². The molecule has 2 nitrogen and oxygen atoms in total. The maximum Gasteiger partial charge on any atom is 0.165 e. The van der Waals surface area contributed by atoms with Crippen LogP contribution in [0.2, 0.25) is 0 Å². The lowest BCUT2D eigenvalue weighted by atomic mass is 9.96. The van der Waals surface area contributed by atoms with Crippen LogP contribution in [0, 0.1) is 0 Å². The van der Waals surface area contributed by atoms with E-state index in [9.17, 15) is 4.79 Å². The second-order valence-electron chi connectivity index (χ2n) is 6.05. The summed E-state index contributed by atoms with van der Waals surface area (Å²) in [6.45, 7) is 1.05. The molecule has 3 aromatic rings. The third kappa shape index (κ3) is 2.44. The molecular formula is C19H19NOS. The number of fused-ring (bicyclic) bond motifs is 3. The van der Waals surface area contributed by atoms with Crippen LogP contribution < -0.4 is 5.32 Å². The molecule has 1 saturated heterocycles. The molecule has 4 rings (SSSR count). The molecule has 1 aromatic heterocycles. The number of piperidine rings is 1. The van der Waals surface area contributed by atoms with Crippen molar-refractivity contribution in [2.24, 2.45) is 0 Å². The first-order valence-electron chi connectivity index (χ1n) is 8.00. The Kier molecular flexibility index (Phi) is 3.68. The first-order chi connectivity index (χ1) is 10.8. The molecule has 1 N–H and O–H groups in total. The maximum atomic E-state index is 12.8. The van der Waals surface area contributed by atoms with Crippen molar-refractivity contribution in [1.82, 2.24) is 5.32 Å². The van der Waals surface area contributed by atoms with Crippen LogP contribution in [0.25, 0.3) is 20.2 Å². The van der Waals surface area contributed by atoms with Crippen LogP contribution in [0.5, 0.6) is 0 Å². The highest BCUT2D eigenvalue weighted by atomic mass is 32.1. The van der Waals surface area contributed by atoms with Gasteiger partial charge in [0, 0.05) is 38.2 Å². The number of carbonyl (C=O) groups excluding carboxylic acids is 1. The first kappa shape index (κ1) is 13.9. The van der Waals surface area contributed by atoms with Crippen LogP contribution in [0.1, 0.15) is 36.0 Å². The lowest BCUT2D eigenvalue weighted by Crippen LogP contribution is -2.35. The monoisotopic (exact) mass is 309 g/mol. The third-order valence-corrected chi connectivity index (χ3v) is 5.77. The van der Waals surface area contributed by atoms with Gasteiger partial charge in [0.25, 0.3) is 0 Å². The molecule has 2 heterocycles. The number of carbonyl (C=O) groups is 1. The zero-order valence-corrected chi connectivity index (χ0v) is 13.3. The molecule has 1 aliphatic rings. The van der Waals surface area contributed by atoms with Gasteiger partial charge in [-0.2, -0.15) is 0 Å². The van der Waals surface area contributed by atoms with Gasteiger partial charge in [0.2, 0.25) is 0 Å². The predicted molar refractivity (Wildman–Crippen MR) is 93.9 cm³/mol. The van der Waals surface area contributed by atoms with E-state index < -0.39 is 0 Å². The highest BCUT2D eigenvalue weighted by Crippen LogP contribution is 2.36. The van der Waals surface area contributed by atoms with Crippen LogP contribution in [0.4, 0.5) is 0 Å². The molecule has 0 amide bonds. The van der Waals surface area contributed by atoms with Crippen LogP contribution in [0.15, 0.2) is 42.5 Å². The summed E-state index contributed by atoms with van der Waals surface area (Å²) in [6, 6.07) is 14.9. The predicted octanol–water partition coefficient (Wildman–Crippen LogP) is 4.77. The molecule has 1 unspecified atom stereocenters. The van der Waals surface area contributed by atoms with E-state index in [1.807, 2.05) is 12.1 Å². The number of thiophene rings is 1. The summed E-state index contributed by atoms with van der Waals surface area (Å²) in [5.41, 5.74) is 0.895. The Labute approximate surface area is 134 Å². The Morgan fingerprint density at radius 2 is 1.95 bits per heavy atom. The normalized spacial score (nSPS) is 18.8.